The molecule has 1 amide bonds. The fraction of sp³-hybridized carbons (Fsp3) is 0.667. The molecule has 6 heteroatoms. The SMILES string of the molecule is C=CC(=O)NCOC(Br)(Br)C(C)(C)CBr. The van der Waals surface area contributed by atoms with Gasteiger partial charge in [0.15, 0.2) is 3.42 Å². The third-order valence-electron chi connectivity index (χ3n) is 1.81. The third-order valence-corrected chi connectivity index (χ3v) is 5.81. The predicted octanol–water partition coefficient (Wildman–Crippen LogP) is 3.13. The number of carbonyl (C=O) groups excluding carboxylic acids is 1. The first-order valence-corrected chi connectivity index (χ1v) is 6.95. The second-order valence-corrected chi connectivity index (χ2v) is 7.43. The summed E-state index contributed by atoms with van der Waals surface area (Å²) in [5.41, 5.74) is -0.175. The topological polar surface area (TPSA) is 38.3 Å². The van der Waals surface area contributed by atoms with E-state index in [0.29, 0.717) is 0 Å². The fourth-order valence-electron chi connectivity index (χ4n) is 0.543. The van der Waals surface area contributed by atoms with Gasteiger partial charge in [-0.05, 0) is 37.9 Å². The first-order valence-electron chi connectivity index (χ1n) is 4.25. The molecule has 0 saturated heterocycles. The lowest BCUT2D eigenvalue weighted by atomic mass is 9.98. The van der Waals surface area contributed by atoms with E-state index in [4.69, 9.17) is 4.74 Å². The molecule has 0 fully saturated rings. The molecule has 0 spiro atoms. The number of nitrogens with one attached hydrogen (secondary N) is 1. The van der Waals surface area contributed by atoms with Gasteiger partial charge >= 0.3 is 0 Å². The van der Waals surface area contributed by atoms with Gasteiger partial charge in [0.1, 0.15) is 6.73 Å². The van der Waals surface area contributed by atoms with Crippen LogP contribution < -0.4 is 5.32 Å². The summed E-state index contributed by atoms with van der Waals surface area (Å²) in [6.45, 7) is 7.48. The van der Waals surface area contributed by atoms with Gasteiger partial charge in [-0.15, -0.1) is 0 Å². The molecule has 0 saturated carbocycles. The van der Waals surface area contributed by atoms with E-state index in [-0.39, 0.29) is 18.1 Å². The molecule has 0 aromatic rings. The Labute approximate surface area is 115 Å². The Balaban J connectivity index is 4.15. The molecular formula is C9H14Br3NO2. The van der Waals surface area contributed by atoms with E-state index in [1.165, 1.54) is 6.08 Å². The highest BCUT2D eigenvalue weighted by Gasteiger charge is 2.41. The molecule has 0 aliphatic heterocycles. The molecule has 88 valence electrons. The zero-order valence-corrected chi connectivity index (χ0v) is 13.4. The lowest BCUT2D eigenvalue weighted by Crippen LogP contribution is -2.40. The van der Waals surface area contributed by atoms with Gasteiger partial charge in [0.05, 0.1) is 0 Å². The van der Waals surface area contributed by atoms with Gasteiger partial charge in [0.25, 0.3) is 0 Å². The van der Waals surface area contributed by atoms with E-state index in [2.05, 4.69) is 59.7 Å². The minimum atomic E-state index is -0.690. The quantitative estimate of drug-likeness (QED) is 0.417. The molecule has 0 aromatic carbocycles. The van der Waals surface area contributed by atoms with Crippen LogP contribution in [0, 0.1) is 5.41 Å². The van der Waals surface area contributed by atoms with E-state index in [1.807, 2.05) is 13.8 Å². The number of alkyl halides is 3. The highest BCUT2D eigenvalue weighted by molar-refractivity contribution is 9.25. The van der Waals surface area contributed by atoms with Crippen molar-refractivity contribution in [3.05, 3.63) is 12.7 Å². The summed E-state index contributed by atoms with van der Waals surface area (Å²) in [7, 11) is 0. The maximum atomic E-state index is 10.9. The second kappa shape index (κ2) is 6.37. The normalized spacial score (nSPS) is 12.3. The minimum Gasteiger partial charge on any atom is -0.333 e. The Morgan fingerprint density at radius 2 is 2.07 bits per heavy atom. The number of ether oxygens (including phenoxy) is 1. The van der Waals surface area contributed by atoms with Gasteiger partial charge in [-0.1, -0.05) is 36.4 Å². The summed E-state index contributed by atoms with van der Waals surface area (Å²) >= 11 is 10.2. The summed E-state index contributed by atoms with van der Waals surface area (Å²) in [6, 6.07) is 0. The number of rotatable bonds is 6. The van der Waals surface area contributed by atoms with Crippen molar-refractivity contribution < 1.29 is 9.53 Å². The smallest absolute Gasteiger partial charge is 0.245 e. The summed E-state index contributed by atoms with van der Waals surface area (Å²) in [5.74, 6) is -0.262. The zero-order chi connectivity index (χ0) is 12.1. The molecule has 0 aromatic heterocycles. The standard InChI is InChI=1S/C9H14Br3NO2/c1-4-7(14)13-6-15-9(11,12)8(2,3)5-10/h4H,1,5-6H2,2-3H3,(H,13,14). The molecule has 15 heavy (non-hydrogen) atoms. The molecule has 3 nitrogen and oxygen atoms in total. The number of amides is 1. The van der Waals surface area contributed by atoms with E-state index in [0.717, 1.165) is 5.33 Å². The lowest BCUT2D eigenvalue weighted by Gasteiger charge is -2.36. The summed E-state index contributed by atoms with van der Waals surface area (Å²) in [4.78, 5) is 10.9. The molecule has 0 heterocycles. The van der Waals surface area contributed by atoms with Gasteiger partial charge in [0.2, 0.25) is 5.91 Å². The largest absolute Gasteiger partial charge is 0.333 e. The number of hydrogen-bond acceptors (Lipinski definition) is 2. The molecular weight excluding hydrogens is 394 g/mol. The number of hydrogen-bond donors (Lipinski definition) is 1. The monoisotopic (exact) mass is 405 g/mol. The van der Waals surface area contributed by atoms with E-state index in [1.54, 1.807) is 0 Å². The van der Waals surface area contributed by atoms with Crippen molar-refractivity contribution in [2.45, 2.75) is 17.3 Å². The van der Waals surface area contributed by atoms with Gasteiger partial charge in [-0.25, -0.2) is 0 Å². The van der Waals surface area contributed by atoms with Crippen molar-refractivity contribution in [1.29, 1.82) is 0 Å². The first-order chi connectivity index (χ1) is 6.77. The number of halogens is 3. The highest BCUT2D eigenvalue weighted by Crippen LogP contribution is 2.45. The molecule has 0 aliphatic carbocycles. The summed E-state index contributed by atoms with van der Waals surface area (Å²) in [5, 5.41) is 3.27. The van der Waals surface area contributed by atoms with Crippen molar-refractivity contribution in [3.63, 3.8) is 0 Å². The van der Waals surface area contributed by atoms with Crippen LogP contribution >= 0.6 is 47.8 Å². The van der Waals surface area contributed by atoms with Crippen molar-refractivity contribution in [2.24, 2.45) is 5.41 Å². The van der Waals surface area contributed by atoms with Crippen molar-refractivity contribution >= 4 is 53.7 Å². The van der Waals surface area contributed by atoms with E-state index in [9.17, 15) is 4.79 Å². The molecule has 0 radical (unpaired) electrons. The Morgan fingerprint density at radius 1 is 1.53 bits per heavy atom. The van der Waals surface area contributed by atoms with Crippen LogP contribution in [-0.4, -0.2) is 21.4 Å². The Bertz CT molecular complexity index is 242. The molecule has 0 aliphatic rings. The lowest BCUT2D eigenvalue weighted by molar-refractivity contribution is -0.119. The van der Waals surface area contributed by atoms with E-state index < -0.39 is 3.42 Å². The summed E-state index contributed by atoms with van der Waals surface area (Å²) in [6.07, 6.45) is 1.20. The highest BCUT2D eigenvalue weighted by atomic mass is 79.9. The zero-order valence-electron chi connectivity index (χ0n) is 8.65. The van der Waals surface area contributed by atoms with Crippen LogP contribution in [-0.2, 0) is 9.53 Å². The van der Waals surface area contributed by atoms with Crippen molar-refractivity contribution in [1.82, 2.24) is 5.32 Å². The van der Waals surface area contributed by atoms with Crippen LogP contribution in [0.2, 0.25) is 0 Å². The maximum absolute atomic E-state index is 10.9. The third kappa shape index (κ3) is 4.97. The molecule has 0 unspecified atom stereocenters. The van der Waals surface area contributed by atoms with Crippen LogP contribution in [0.4, 0.5) is 0 Å². The Kier molecular flexibility index (Phi) is 6.63. The van der Waals surface area contributed by atoms with Gasteiger partial charge in [-0.3, -0.25) is 4.79 Å². The Morgan fingerprint density at radius 3 is 2.47 bits per heavy atom. The van der Waals surface area contributed by atoms with E-state index >= 15 is 0 Å². The maximum Gasteiger partial charge on any atom is 0.245 e. The molecule has 0 rings (SSSR count). The van der Waals surface area contributed by atoms with Gasteiger partial charge < -0.3 is 10.1 Å². The summed E-state index contributed by atoms with van der Waals surface area (Å²) < 4.78 is 4.79. The van der Waals surface area contributed by atoms with Crippen molar-refractivity contribution in [3.8, 4) is 0 Å². The molecule has 0 bridgehead atoms. The Hall–Kier alpha value is 0.610. The molecule has 0 atom stereocenters. The minimum absolute atomic E-state index is 0.109. The second-order valence-electron chi connectivity index (χ2n) is 3.57. The van der Waals surface area contributed by atoms with Crippen LogP contribution in [0.15, 0.2) is 12.7 Å². The predicted molar refractivity (Wildman–Crippen MR) is 72.5 cm³/mol. The molecule has 1 N–H and O–H groups in total. The van der Waals surface area contributed by atoms with Gasteiger partial charge in [0, 0.05) is 10.7 Å². The van der Waals surface area contributed by atoms with Crippen LogP contribution in [0.1, 0.15) is 13.8 Å². The van der Waals surface area contributed by atoms with Gasteiger partial charge in [-0.2, -0.15) is 0 Å². The van der Waals surface area contributed by atoms with Crippen LogP contribution in [0.25, 0.3) is 0 Å². The van der Waals surface area contributed by atoms with Crippen LogP contribution in [0.5, 0.6) is 0 Å². The average molecular weight is 408 g/mol. The fourth-order valence-corrected chi connectivity index (χ4v) is 2.20. The van der Waals surface area contributed by atoms with Crippen LogP contribution in [0.3, 0.4) is 0 Å². The number of carbonyl (C=O) groups is 1. The first kappa shape index (κ1) is 15.6. The average Bonchev–Trinajstić information content (AvgIpc) is 2.16. The van der Waals surface area contributed by atoms with Crippen molar-refractivity contribution in [2.75, 3.05) is 12.1 Å².